The Labute approximate surface area is 142 Å². The molecule has 0 aliphatic carbocycles. The Hall–Kier alpha value is -3.36. The molecular formula is C16H15N3O6. The van der Waals surface area contributed by atoms with E-state index in [9.17, 15) is 14.9 Å². The Morgan fingerprint density at radius 3 is 2.84 bits per heavy atom. The van der Waals surface area contributed by atoms with Crippen LogP contribution >= 0.6 is 0 Å². The summed E-state index contributed by atoms with van der Waals surface area (Å²) in [7, 11) is 0. The second-order valence-electron chi connectivity index (χ2n) is 5.19. The summed E-state index contributed by atoms with van der Waals surface area (Å²) in [4.78, 5) is 26.2. The number of carbonyl (C=O) groups is 1. The molecule has 0 saturated carbocycles. The number of pyridine rings is 1. The van der Waals surface area contributed by atoms with E-state index in [4.69, 9.17) is 14.2 Å². The molecule has 1 aliphatic rings. The summed E-state index contributed by atoms with van der Waals surface area (Å²) in [6.07, 6.45) is 0.321. The maximum Gasteiger partial charge on any atom is 0.406 e. The fourth-order valence-corrected chi connectivity index (χ4v) is 2.22. The highest BCUT2D eigenvalue weighted by Gasteiger charge is 2.22. The number of amides is 1. The van der Waals surface area contributed by atoms with Crippen molar-refractivity contribution in [1.82, 2.24) is 4.98 Å². The fraction of sp³-hybridized carbons (Fsp3) is 0.250. The van der Waals surface area contributed by atoms with Crippen molar-refractivity contribution in [3.05, 3.63) is 46.6 Å². The zero-order valence-electron chi connectivity index (χ0n) is 13.3. The first-order chi connectivity index (χ1) is 12.0. The van der Waals surface area contributed by atoms with Crippen LogP contribution in [0.2, 0.25) is 0 Å². The van der Waals surface area contributed by atoms with Gasteiger partial charge in [-0.2, -0.15) is 0 Å². The summed E-state index contributed by atoms with van der Waals surface area (Å²) < 4.78 is 16.2. The molecule has 130 valence electrons. The number of anilines is 1. The molecule has 1 aliphatic heterocycles. The highest BCUT2D eigenvalue weighted by atomic mass is 16.6. The van der Waals surface area contributed by atoms with Gasteiger partial charge < -0.3 is 29.6 Å². The molecule has 2 heterocycles. The number of benzene rings is 1. The summed E-state index contributed by atoms with van der Waals surface area (Å²) in [6.45, 7) is 2.41. The number of hydrogen-bond donors (Lipinski definition) is 1. The molecule has 0 spiro atoms. The number of carbonyl (C=O) groups excluding carboxylic acids is 1. The molecule has 2 aromatic rings. The number of ether oxygens (including phenoxy) is 3. The van der Waals surface area contributed by atoms with Crippen molar-refractivity contribution in [2.45, 2.75) is 13.0 Å². The predicted molar refractivity (Wildman–Crippen MR) is 87.0 cm³/mol. The zero-order valence-corrected chi connectivity index (χ0v) is 13.3. The molecule has 1 unspecified atom stereocenters. The predicted octanol–water partition coefficient (Wildman–Crippen LogP) is 2.17. The van der Waals surface area contributed by atoms with E-state index in [1.54, 1.807) is 18.2 Å². The average molecular weight is 345 g/mol. The third kappa shape index (κ3) is 3.77. The molecule has 0 saturated heterocycles. The normalized spacial score (nSPS) is 13.6. The lowest BCUT2D eigenvalue weighted by molar-refractivity contribution is -0.390. The number of hydrogen-bond acceptors (Lipinski definition) is 7. The number of nitro groups is 1. The van der Waals surface area contributed by atoms with Crippen LogP contribution in [0.15, 0.2) is 36.5 Å². The van der Waals surface area contributed by atoms with Gasteiger partial charge in [0.05, 0.1) is 0 Å². The van der Waals surface area contributed by atoms with Gasteiger partial charge in [0.25, 0.3) is 5.91 Å². The van der Waals surface area contributed by atoms with Crippen LogP contribution in [0.1, 0.15) is 6.92 Å². The van der Waals surface area contributed by atoms with Gasteiger partial charge in [0.1, 0.15) is 19.4 Å². The van der Waals surface area contributed by atoms with E-state index in [1.807, 2.05) is 0 Å². The molecule has 9 nitrogen and oxygen atoms in total. The maximum atomic E-state index is 12.3. The number of rotatable bonds is 5. The Morgan fingerprint density at radius 1 is 1.32 bits per heavy atom. The minimum Gasteiger partial charge on any atom is -0.486 e. The third-order valence-electron chi connectivity index (χ3n) is 3.41. The first-order valence-electron chi connectivity index (χ1n) is 7.51. The molecule has 0 fully saturated rings. The summed E-state index contributed by atoms with van der Waals surface area (Å²) in [6, 6.07) is 7.89. The van der Waals surface area contributed by atoms with Crippen molar-refractivity contribution in [2.75, 3.05) is 18.5 Å². The minimum atomic E-state index is -0.962. The van der Waals surface area contributed by atoms with Gasteiger partial charge in [0.15, 0.2) is 17.6 Å². The van der Waals surface area contributed by atoms with Crippen LogP contribution in [0.25, 0.3) is 0 Å². The van der Waals surface area contributed by atoms with Gasteiger partial charge in [-0.3, -0.25) is 4.79 Å². The average Bonchev–Trinajstić information content (AvgIpc) is 2.61. The summed E-state index contributed by atoms with van der Waals surface area (Å²) in [5.41, 5.74) is 0.505. The van der Waals surface area contributed by atoms with E-state index < -0.39 is 22.8 Å². The molecular weight excluding hydrogens is 330 g/mol. The highest BCUT2D eigenvalue weighted by Crippen LogP contribution is 2.32. The van der Waals surface area contributed by atoms with Crippen LogP contribution in [-0.4, -0.2) is 35.1 Å². The van der Waals surface area contributed by atoms with Crippen LogP contribution < -0.4 is 19.5 Å². The lowest BCUT2D eigenvalue weighted by Gasteiger charge is -2.19. The van der Waals surface area contributed by atoms with E-state index in [-0.39, 0.29) is 5.75 Å². The van der Waals surface area contributed by atoms with Crippen molar-refractivity contribution in [3.8, 4) is 17.2 Å². The molecule has 3 rings (SSSR count). The highest BCUT2D eigenvalue weighted by molar-refractivity contribution is 5.94. The number of nitrogens with one attached hydrogen (secondary N) is 1. The lowest BCUT2D eigenvalue weighted by Crippen LogP contribution is -2.30. The molecule has 1 N–H and O–H groups in total. The van der Waals surface area contributed by atoms with Crippen molar-refractivity contribution < 1.29 is 23.9 Å². The van der Waals surface area contributed by atoms with E-state index in [0.29, 0.717) is 30.4 Å². The minimum absolute atomic E-state index is 0.0719. The van der Waals surface area contributed by atoms with Crippen LogP contribution in [-0.2, 0) is 4.79 Å². The van der Waals surface area contributed by atoms with Crippen molar-refractivity contribution in [1.29, 1.82) is 0 Å². The number of aromatic nitrogens is 1. The SMILES string of the molecule is CC(Oc1cccnc1[N+](=O)[O-])C(=O)Nc1ccc2c(c1)OCCO2. The van der Waals surface area contributed by atoms with Crippen LogP contribution in [0.4, 0.5) is 11.5 Å². The Balaban J connectivity index is 1.68. The van der Waals surface area contributed by atoms with Gasteiger partial charge >= 0.3 is 5.82 Å². The second-order valence-corrected chi connectivity index (χ2v) is 5.19. The van der Waals surface area contributed by atoms with Gasteiger partial charge in [0.2, 0.25) is 5.75 Å². The molecule has 1 aromatic heterocycles. The van der Waals surface area contributed by atoms with Gasteiger partial charge in [-0.1, -0.05) is 0 Å². The van der Waals surface area contributed by atoms with Crippen LogP contribution in [0.3, 0.4) is 0 Å². The fourth-order valence-electron chi connectivity index (χ4n) is 2.22. The molecule has 0 radical (unpaired) electrons. The molecule has 0 bridgehead atoms. The zero-order chi connectivity index (χ0) is 17.8. The second kappa shape index (κ2) is 7.04. The van der Waals surface area contributed by atoms with Gasteiger partial charge in [-0.15, -0.1) is 0 Å². The smallest absolute Gasteiger partial charge is 0.406 e. The Kier molecular flexibility index (Phi) is 4.64. The Morgan fingerprint density at radius 2 is 2.08 bits per heavy atom. The van der Waals surface area contributed by atoms with Gasteiger partial charge in [0, 0.05) is 11.8 Å². The first-order valence-corrected chi connectivity index (χ1v) is 7.51. The largest absolute Gasteiger partial charge is 0.486 e. The monoisotopic (exact) mass is 345 g/mol. The summed E-state index contributed by atoms with van der Waals surface area (Å²) >= 11 is 0. The standard InChI is InChI=1S/C16H15N3O6/c1-10(25-13-3-2-6-17-15(13)19(21)22)16(20)18-11-4-5-12-14(9-11)24-8-7-23-12/h2-6,9-10H,7-8H2,1H3,(H,18,20). The Bertz CT molecular complexity index is 810. The van der Waals surface area contributed by atoms with Crippen LogP contribution in [0.5, 0.6) is 17.2 Å². The van der Waals surface area contributed by atoms with Crippen LogP contribution in [0, 0.1) is 10.1 Å². The number of nitrogens with zero attached hydrogens (tertiary/aromatic N) is 2. The topological polar surface area (TPSA) is 113 Å². The van der Waals surface area contributed by atoms with E-state index in [0.717, 1.165) is 0 Å². The van der Waals surface area contributed by atoms with Gasteiger partial charge in [-0.25, -0.2) is 0 Å². The van der Waals surface area contributed by atoms with E-state index in [1.165, 1.54) is 25.3 Å². The van der Waals surface area contributed by atoms with Gasteiger partial charge in [-0.05, 0) is 41.1 Å². The van der Waals surface area contributed by atoms with E-state index >= 15 is 0 Å². The van der Waals surface area contributed by atoms with E-state index in [2.05, 4.69) is 10.3 Å². The molecule has 1 aromatic carbocycles. The summed E-state index contributed by atoms with van der Waals surface area (Å²) in [5.74, 6) is 0.175. The van der Waals surface area contributed by atoms with Crippen molar-refractivity contribution >= 4 is 17.4 Å². The molecule has 1 amide bonds. The quantitative estimate of drug-likeness (QED) is 0.652. The van der Waals surface area contributed by atoms with Crippen molar-refractivity contribution in [2.24, 2.45) is 0 Å². The van der Waals surface area contributed by atoms with Crippen molar-refractivity contribution in [3.63, 3.8) is 0 Å². The summed E-state index contributed by atoms with van der Waals surface area (Å²) in [5, 5.41) is 13.6. The molecule has 1 atom stereocenters. The molecule has 9 heteroatoms. The maximum absolute atomic E-state index is 12.3. The molecule has 25 heavy (non-hydrogen) atoms. The number of fused-ring (bicyclic) bond motifs is 1. The lowest BCUT2D eigenvalue weighted by atomic mass is 10.2. The third-order valence-corrected chi connectivity index (χ3v) is 3.41. The first kappa shape index (κ1) is 16.5.